The van der Waals surface area contributed by atoms with E-state index in [4.69, 9.17) is 4.74 Å². The van der Waals surface area contributed by atoms with Crippen LogP contribution in [0.3, 0.4) is 0 Å². The van der Waals surface area contributed by atoms with Crippen molar-refractivity contribution < 1.29 is 32.6 Å². The predicted molar refractivity (Wildman–Crippen MR) is 91.7 cm³/mol. The average molecular weight is 377 g/mol. The molecule has 0 saturated heterocycles. The Morgan fingerprint density at radius 3 is 2.52 bits per heavy atom. The molecule has 1 aliphatic heterocycles. The van der Waals surface area contributed by atoms with Crippen LogP contribution in [-0.4, -0.2) is 24.8 Å². The van der Waals surface area contributed by atoms with Gasteiger partial charge in [0.25, 0.3) is 5.91 Å². The molecule has 1 N–H and O–H groups in total. The van der Waals surface area contributed by atoms with Crippen molar-refractivity contribution in [2.75, 3.05) is 11.9 Å². The van der Waals surface area contributed by atoms with Gasteiger partial charge in [-0.2, -0.15) is 0 Å². The van der Waals surface area contributed by atoms with Gasteiger partial charge in [-0.25, -0.2) is 0 Å². The van der Waals surface area contributed by atoms with Crippen LogP contribution in [-0.2, 0) is 14.3 Å². The molecule has 142 valence electrons. The highest BCUT2D eigenvalue weighted by Crippen LogP contribution is 2.42. The minimum atomic E-state index is -3.73. The zero-order valence-corrected chi connectivity index (χ0v) is 14.4. The third-order valence-corrected chi connectivity index (χ3v) is 3.93. The van der Waals surface area contributed by atoms with Crippen molar-refractivity contribution in [3.05, 3.63) is 54.1 Å². The molecule has 0 spiro atoms. The molecule has 0 bridgehead atoms. The molecule has 2 aromatic carbocycles. The van der Waals surface area contributed by atoms with E-state index in [1.54, 1.807) is 0 Å². The molecule has 1 aliphatic rings. The number of ether oxygens (including phenoxy) is 3. The molecule has 0 aliphatic carbocycles. The summed E-state index contributed by atoms with van der Waals surface area (Å²) in [6.07, 6.45) is -3.20. The first kappa shape index (κ1) is 18.6. The summed E-state index contributed by atoms with van der Waals surface area (Å²) in [6.45, 7) is 1.36. The van der Waals surface area contributed by atoms with Gasteiger partial charge in [-0.1, -0.05) is 37.3 Å². The van der Waals surface area contributed by atoms with Gasteiger partial charge < -0.3 is 19.5 Å². The summed E-state index contributed by atoms with van der Waals surface area (Å²) in [5.41, 5.74) is 1.02. The molecule has 2 aromatic rings. The maximum absolute atomic E-state index is 13.0. The zero-order chi connectivity index (χ0) is 19.4. The van der Waals surface area contributed by atoms with E-state index in [1.165, 1.54) is 18.2 Å². The summed E-state index contributed by atoms with van der Waals surface area (Å²) >= 11 is 0. The molecule has 3 rings (SSSR count). The minimum Gasteiger partial charge on any atom is -0.455 e. The summed E-state index contributed by atoms with van der Waals surface area (Å²) in [5.74, 6) is -1.89. The third kappa shape index (κ3) is 4.52. The SMILES string of the molecule is CC[C@H](C(=O)OCC(=O)Nc1ccc2c(c1)OC(F)(F)O2)c1ccccc1. The fraction of sp³-hybridized carbons (Fsp3) is 0.263. The Bertz CT molecular complexity index is 841. The van der Waals surface area contributed by atoms with Crippen LogP contribution in [0, 0.1) is 0 Å². The zero-order valence-electron chi connectivity index (χ0n) is 14.4. The molecule has 0 aromatic heterocycles. The first-order valence-electron chi connectivity index (χ1n) is 8.29. The molecule has 1 atom stereocenters. The monoisotopic (exact) mass is 377 g/mol. The topological polar surface area (TPSA) is 73.9 Å². The van der Waals surface area contributed by atoms with Crippen LogP contribution in [0.25, 0.3) is 0 Å². The molecular formula is C19H17F2NO5. The number of benzene rings is 2. The fourth-order valence-corrected chi connectivity index (χ4v) is 2.68. The number of nitrogens with one attached hydrogen (secondary N) is 1. The molecule has 0 radical (unpaired) electrons. The number of halogens is 2. The maximum Gasteiger partial charge on any atom is 0.586 e. The van der Waals surface area contributed by atoms with Crippen LogP contribution in [0.5, 0.6) is 11.5 Å². The lowest BCUT2D eigenvalue weighted by atomic mass is 9.97. The lowest BCUT2D eigenvalue weighted by molar-refractivity contribution is -0.286. The van der Waals surface area contributed by atoms with Crippen molar-refractivity contribution in [3.8, 4) is 11.5 Å². The highest BCUT2D eigenvalue weighted by Gasteiger charge is 2.43. The summed E-state index contributed by atoms with van der Waals surface area (Å²) in [7, 11) is 0. The number of esters is 1. The summed E-state index contributed by atoms with van der Waals surface area (Å²) in [4.78, 5) is 24.2. The molecule has 1 heterocycles. The van der Waals surface area contributed by atoms with Gasteiger partial charge in [0.2, 0.25) is 0 Å². The van der Waals surface area contributed by atoms with Crippen LogP contribution in [0.2, 0.25) is 0 Å². The predicted octanol–water partition coefficient (Wildman–Crippen LogP) is 3.68. The molecule has 27 heavy (non-hydrogen) atoms. The van der Waals surface area contributed by atoms with Crippen molar-refractivity contribution in [3.63, 3.8) is 0 Å². The minimum absolute atomic E-state index is 0.127. The van der Waals surface area contributed by atoms with Gasteiger partial charge >= 0.3 is 12.3 Å². The van der Waals surface area contributed by atoms with E-state index >= 15 is 0 Å². The van der Waals surface area contributed by atoms with Gasteiger partial charge in [-0.05, 0) is 24.1 Å². The van der Waals surface area contributed by atoms with E-state index in [-0.39, 0.29) is 17.2 Å². The van der Waals surface area contributed by atoms with E-state index in [2.05, 4.69) is 14.8 Å². The molecule has 6 nitrogen and oxygen atoms in total. The second kappa shape index (κ2) is 7.61. The average Bonchev–Trinajstić information content (AvgIpc) is 2.94. The van der Waals surface area contributed by atoms with Crippen LogP contribution < -0.4 is 14.8 Å². The van der Waals surface area contributed by atoms with Gasteiger partial charge in [-0.3, -0.25) is 9.59 Å². The number of carbonyl (C=O) groups is 2. The van der Waals surface area contributed by atoms with Crippen molar-refractivity contribution in [2.45, 2.75) is 25.6 Å². The quantitative estimate of drug-likeness (QED) is 0.778. The number of fused-ring (bicyclic) bond motifs is 1. The normalized spacial score (nSPS) is 15.1. The highest BCUT2D eigenvalue weighted by atomic mass is 19.3. The van der Waals surface area contributed by atoms with Gasteiger partial charge in [0.05, 0.1) is 5.92 Å². The molecular weight excluding hydrogens is 360 g/mol. The molecule has 0 unspecified atom stereocenters. The number of anilines is 1. The number of carbonyl (C=O) groups excluding carboxylic acids is 2. The third-order valence-electron chi connectivity index (χ3n) is 3.93. The number of amides is 1. The number of hydrogen-bond donors (Lipinski definition) is 1. The Hall–Kier alpha value is -3.16. The highest BCUT2D eigenvalue weighted by molar-refractivity contribution is 5.93. The lowest BCUT2D eigenvalue weighted by Gasteiger charge is -2.14. The first-order chi connectivity index (χ1) is 12.9. The smallest absolute Gasteiger partial charge is 0.455 e. The van der Waals surface area contributed by atoms with Gasteiger partial charge in [-0.15, -0.1) is 8.78 Å². The first-order valence-corrected chi connectivity index (χ1v) is 8.29. The molecule has 8 heteroatoms. The number of rotatable bonds is 6. The van der Waals surface area contributed by atoms with Crippen LogP contribution in [0.1, 0.15) is 24.8 Å². The van der Waals surface area contributed by atoms with Gasteiger partial charge in [0.1, 0.15) is 0 Å². The Morgan fingerprint density at radius 1 is 1.11 bits per heavy atom. The molecule has 1 amide bonds. The fourth-order valence-electron chi connectivity index (χ4n) is 2.68. The van der Waals surface area contributed by atoms with E-state index < -0.39 is 30.7 Å². The summed E-state index contributed by atoms with van der Waals surface area (Å²) < 4.78 is 39.7. The lowest BCUT2D eigenvalue weighted by Crippen LogP contribution is -2.26. The largest absolute Gasteiger partial charge is 0.586 e. The Kier molecular flexibility index (Phi) is 5.25. The Labute approximate surface area is 154 Å². The molecule has 0 saturated carbocycles. The number of hydrogen-bond acceptors (Lipinski definition) is 5. The maximum atomic E-state index is 13.0. The van der Waals surface area contributed by atoms with Gasteiger partial charge in [0, 0.05) is 11.8 Å². The Balaban J connectivity index is 1.55. The Morgan fingerprint density at radius 2 is 1.81 bits per heavy atom. The van der Waals surface area contributed by atoms with Crippen molar-refractivity contribution in [2.24, 2.45) is 0 Å². The van der Waals surface area contributed by atoms with Crippen LogP contribution >= 0.6 is 0 Å². The standard InChI is InChI=1S/C19H17F2NO5/c1-2-14(12-6-4-3-5-7-12)18(24)25-11-17(23)22-13-8-9-15-16(10-13)27-19(20,21)26-15/h3-10,14H,2,11H2,1H3,(H,22,23)/t14-/m0/s1. The van der Waals surface area contributed by atoms with Crippen molar-refractivity contribution in [1.82, 2.24) is 0 Å². The van der Waals surface area contributed by atoms with Crippen molar-refractivity contribution >= 4 is 17.6 Å². The summed E-state index contributed by atoms with van der Waals surface area (Å²) in [6, 6.07) is 12.9. The number of alkyl halides is 2. The van der Waals surface area contributed by atoms with Crippen LogP contribution in [0.15, 0.2) is 48.5 Å². The van der Waals surface area contributed by atoms with Crippen molar-refractivity contribution in [1.29, 1.82) is 0 Å². The van der Waals surface area contributed by atoms with Crippen LogP contribution in [0.4, 0.5) is 14.5 Å². The van der Waals surface area contributed by atoms with E-state index in [0.29, 0.717) is 6.42 Å². The van der Waals surface area contributed by atoms with E-state index in [1.807, 2.05) is 37.3 Å². The second-order valence-electron chi connectivity index (χ2n) is 5.86. The second-order valence-corrected chi connectivity index (χ2v) is 5.86. The van der Waals surface area contributed by atoms with E-state index in [9.17, 15) is 18.4 Å². The molecule has 0 fully saturated rings. The van der Waals surface area contributed by atoms with Gasteiger partial charge in [0.15, 0.2) is 18.1 Å². The van der Waals surface area contributed by atoms with E-state index in [0.717, 1.165) is 5.56 Å². The summed E-state index contributed by atoms with van der Waals surface area (Å²) in [5, 5.41) is 2.45.